The number of ether oxygens (including phenoxy) is 5. The molecule has 0 saturated carbocycles. The molecular weight excluding hydrogens is 518 g/mol. The molecule has 1 aliphatic heterocycles. The van der Waals surface area contributed by atoms with E-state index < -0.39 is 0 Å². The van der Waals surface area contributed by atoms with Gasteiger partial charge in [-0.1, -0.05) is 0 Å². The molecule has 0 aromatic rings. The van der Waals surface area contributed by atoms with E-state index in [1.165, 1.54) is 12.8 Å². The van der Waals surface area contributed by atoms with E-state index in [-0.39, 0.29) is 85.7 Å². The summed E-state index contributed by atoms with van der Waals surface area (Å²) in [6.07, 6.45) is 2.56. The van der Waals surface area contributed by atoms with Crippen LogP contribution in [-0.2, 0) is 23.7 Å². The molecule has 0 amide bonds. The van der Waals surface area contributed by atoms with Gasteiger partial charge in [0.15, 0.2) is 0 Å². The Balaban J connectivity index is -0.0000000524. The predicted molar refractivity (Wildman–Crippen MR) is 73.3 cm³/mol. The van der Waals surface area contributed by atoms with Crippen molar-refractivity contribution in [1.29, 1.82) is 0 Å². The Bertz CT molecular complexity index is 98.4. The number of hydrogen-bond acceptors (Lipinski definition) is 5. The predicted octanol–water partition coefficient (Wildman–Crippen LogP) is -5.02. The molecule has 0 unspecified atom stereocenters. The van der Waals surface area contributed by atoms with Gasteiger partial charge in [0.25, 0.3) is 0 Å². The molecule has 0 N–H and O–H groups in total. The van der Waals surface area contributed by atoms with Crippen molar-refractivity contribution >= 4 is 37.7 Å². The Hall–Kier alpha value is 2.52. The van der Waals surface area contributed by atoms with Crippen LogP contribution >= 0.6 is 0 Å². The van der Waals surface area contributed by atoms with Gasteiger partial charge in [-0.2, -0.15) is 0 Å². The van der Waals surface area contributed by atoms with E-state index >= 15 is 0 Å². The van der Waals surface area contributed by atoms with Crippen molar-refractivity contribution in [3.05, 3.63) is 0 Å². The minimum atomic E-state index is 0. The maximum Gasteiger partial charge on any atom is 2.00 e. The van der Waals surface area contributed by atoms with E-state index in [4.69, 9.17) is 4.74 Å². The molecule has 0 spiro atoms. The van der Waals surface area contributed by atoms with Crippen molar-refractivity contribution in [2.45, 2.75) is 12.8 Å². The summed E-state index contributed by atoms with van der Waals surface area (Å²) < 4.78 is 23.6. The quantitative estimate of drug-likeness (QED) is 0.190. The molecule has 5 nitrogen and oxygen atoms in total. The van der Waals surface area contributed by atoms with E-state index in [0.29, 0.717) is 26.4 Å². The fraction of sp³-hybridized carbons (Fsp3) is 1.00. The van der Waals surface area contributed by atoms with Crippen LogP contribution in [-0.4, -0.2) is 106 Å². The summed E-state index contributed by atoms with van der Waals surface area (Å²) in [6, 6.07) is 0. The first-order valence-corrected chi connectivity index (χ1v) is 5.87. The molecule has 1 heterocycles. The van der Waals surface area contributed by atoms with E-state index in [0.717, 1.165) is 13.2 Å². The Labute approximate surface area is 188 Å². The van der Waals surface area contributed by atoms with Crippen LogP contribution in [0.2, 0.25) is 0 Å². The van der Waals surface area contributed by atoms with Gasteiger partial charge < -0.3 is 71.6 Å². The Morgan fingerprint density at radius 3 is 1.00 bits per heavy atom. The first-order valence-electron chi connectivity index (χ1n) is 5.87. The van der Waals surface area contributed by atoms with Crippen LogP contribution in [0.1, 0.15) is 12.8 Å². The fourth-order valence-corrected chi connectivity index (χ4v) is 0.844. The zero-order valence-electron chi connectivity index (χ0n) is 13.2. The van der Waals surface area contributed by atoms with Crippen LogP contribution in [0.5, 0.6) is 0 Å². The molecule has 0 aromatic carbocycles. The first kappa shape index (κ1) is 34.0. The first-order chi connectivity index (χ1) is 8.33. The van der Waals surface area contributed by atoms with Gasteiger partial charge in [0.05, 0.1) is 26.4 Å². The zero-order valence-corrected chi connectivity index (χ0v) is 19.7. The average Bonchev–Trinajstić information content (AvgIpc) is 2.93. The van der Waals surface area contributed by atoms with Crippen LogP contribution in [0.25, 0.3) is 0 Å². The molecule has 0 aliphatic carbocycles. The van der Waals surface area contributed by atoms with Gasteiger partial charge in [0, 0.05) is 41.7 Å². The van der Waals surface area contributed by atoms with Crippen LogP contribution in [0.15, 0.2) is 0 Å². The molecule has 0 atom stereocenters. The zero-order chi connectivity index (χ0) is 13.2. The minimum Gasteiger partial charge on any atom is -1.00 e. The number of hydrogen-bond donors (Lipinski definition) is 0. The summed E-state index contributed by atoms with van der Waals surface area (Å²) in [5.41, 5.74) is 0. The summed E-state index contributed by atoms with van der Waals surface area (Å²) in [7, 11) is 6.61. The Morgan fingerprint density at radius 1 is 0.650 bits per heavy atom. The standard InChI is InChI=1S/2C4H10O2.C4H8O.Ca.2HI/c2*1-5-3-4-6-2;1-2-4-5-3-1;;;/h2*3-4H2,1-2H3;1-4H2;;2*1H/q;;;+2;;/p-2. The van der Waals surface area contributed by atoms with E-state index in [9.17, 15) is 0 Å². The van der Waals surface area contributed by atoms with Gasteiger partial charge in [-0.25, -0.2) is 0 Å². The van der Waals surface area contributed by atoms with Gasteiger partial charge in [-0.15, -0.1) is 0 Å². The molecule has 1 rings (SSSR count). The molecule has 1 fully saturated rings. The Kier molecular flexibility index (Phi) is 63.9. The third-order valence-electron chi connectivity index (χ3n) is 1.81. The maximum atomic E-state index is 4.94. The van der Waals surface area contributed by atoms with Crippen molar-refractivity contribution in [3.63, 3.8) is 0 Å². The van der Waals surface area contributed by atoms with Gasteiger partial charge in [-0.3, -0.25) is 0 Å². The summed E-state index contributed by atoms with van der Waals surface area (Å²) in [5, 5.41) is 0. The van der Waals surface area contributed by atoms with Crippen molar-refractivity contribution < 1.29 is 71.6 Å². The van der Waals surface area contributed by atoms with E-state index in [2.05, 4.69) is 18.9 Å². The third kappa shape index (κ3) is 42.8. The van der Waals surface area contributed by atoms with Gasteiger partial charge >= 0.3 is 37.7 Å². The second-order valence-electron chi connectivity index (χ2n) is 3.29. The van der Waals surface area contributed by atoms with Gasteiger partial charge in [-0.05, 0) is 12.8 Å². The second-order valence-corrected chi connectivity index (χ2v) is 3.29. The summed E-state index contributed by atoms with van der Waals surface area (Å²) in [5.74, 6) is 0. The molecular formula is C12H28CaI2O5. The number of methoxy groups -OCH3 is 4. The second kappa shape index (κ2) is 37.6. The monoisotopic (exact) mass is 546 g/mol. The summed E-state index contributed by atoms with van der Waals surface area (Å²) >= 11 is 0. The fourth-order valence-electron chi connectivity index (χ4n) is 0.844. The van der Waals surface area contributed by atoms with Crippen molar-refractivity contribution in [2.75, 3.05) is 68.1 Å². The summed E-state index contributed by atoms with van der Waals surface area (Å²) in [6.45, 7) is 4.76. The molecule has 20 heavy (non-hydrogen) atoms. The largest absolute Gasteiger partial charge is 2.00 e. The third-order valence-corrected chi connectivity index (χ3v) is 1.81. The molecule has 0 bridgehead atoms. The van der Waals surface area contributed by atoms with Crippen LogP contribution in [0.3, 0.4) is 0 Å². The molecule has 122 valence electrons. The smallest absolute Gasteiger partial charge is 1.00 e. The molecule has 1 saturated heterocycles. The van der Waals surface area contributed by atoms with E-state index in [1.54, 1.807) is 28.4 Å². The van der Waals surface area contributed by atoms with E-state index in [1.807, 2.05) is 0 Å². The topological polar surface area (TPSA) is 46.2 Å². The molecule has 8 heteroatoms. The Morgan fingerprint density at radius 2 is 0.900 bits per heavy atom. The summed E-state index contributed by atoms with van der Waals surface area (Å²) in [4.78, 5) is 0. The molecule has 1 aliphatic rings. The molecule has 0 radical (unpaired) electrons. The van der Waals surface area contributed by atoms with Gasteiger partial charge in [0.2, 0.25) is 0 Å². The molecule has 0 aromatic heterocycles. The van der Waals surface area contributed by atoms with Crippen LogP contribution in [0, 0.1) is 0 Å². The number of halogens is 2. The maximum absolute atomic E-state index is 4.94. The average molecular weight is 546 g/mol. The number of rotatable bonds is 6. The van der Waals surface area contributed by atoms with Crippen LogP contribution < -0.4 is 48.0 Å². The minimum absolute atomic E-state index is 0. The van der Waals surface area contributed by atoms with Gasteiger partial charge in [0.1, 0.15) is 0 Å². The normalized spacial score (nSPS) is 11.4. The van der Waals surface area contributed by atoms with Crippen LogP contribution in [0.4, 0.5) is 0 Å². The van der Waals surface area contributed by atoms with Crippen molar-refractivity contribution in [1.82, 2.24) is 0 Å². The van der Waals surface area contributed by atoms with Crippen molar-refractivity contribution in [3.8, 4) is 0 Å². The SMILES string of the molecule is C1CCOC1.COCCOC.COCCOC.[Ca+2].[I-].[I-]. The van der Waals surface area contributed by atoms with Crippen molar-refractivity contribution in [2.24, 2.45) is 0 Å².